The van der Waals surface area contributed by atoms with E-state index in [1.807, 2.05) is 18.0 Å². The molecule has 0 N–H and O–H groups in total. The number of ether oxygens (including phenoxy) is 1. The van der Waals surface area contributed by atoms with E-state index in [0.717, 1.165) is 31.2 Å². The van der Waals surface area contributed by atoms with Crippen molar-refractivity contribution in [3.8, 4) is 0 Å². The summed E-state index contributed by atoms with van der Waals surface area (Å²) >= 11 is 0. The van der Waals surface area contributed by atoms with Gasteiger partial charge in [-0.15, -0.1) is 0 Å². The number of carbonyl (C=O) groups excluding carboxylic acids is 1. The summed E-state index contributed by atoms with van der Waals surface area (Å²) < 4.78 is 12.3. The van der Waals surface area contributed by atoms with Gasteiger partial charge < -0.3 is 18.6 Å². The molecule has 3 heterocycles. The van der Waals surface area contributed by atoms with E-state index >= 15 is 0 Å². The van der Waals surface area contributed by atoms with Gasteiger partial charge in [0.1, 0.15) is 18.7 Å². The average Bonchev–Trinajstić information content (AvgIpc) is 3.05. The van der Waals surface area contributed by atoms with Gasteiger partial charge in [0.05, 0.1) is 11.8 Å². The number of carbonyl (C=O) groups is 1. The molecule has 0 radical (unpaired) electrons. The zero-order valence-electron chi connectivity index (χ0n) is 12.3. The second-order valence-electron chi connectivity index (χ2n) is 5.45. The van der Waals surface area contributed by atoms with Gasteiger partial charge >= 0.3 is 0 Å². The second-order valence-corrected chi connectivity index (χ2v) is 5.45. The van der Waals surface area contributed by atoms with Crippen molar-refractivity contribution in [2.24, 2.45) is 5.92 Å². The minimum Gasteiger partial charge on any atom is -0.472 e. The van der Waals surface area contributed by atoms with Gasteiger partial charge in [-0.2, -0.15) is 0 Å². The molecular formula is C15H19N3O3. The molecule has 0 unspecified atom stereocenters. The normalized spacial score (nSPS) is 15.2. The predicted octanol–water partition coefficient (Wildman–Crippen LogP) is 1.70. The number of amides is 1. The zero-order valence-corrected chi connectivity index (χ0v) is 12.3. The SMILES string of the molecule is COCc1ncc(C)n1CC1CN(C(=O)c2ccoc2)C1. The van der Waals surface area contributed by atoms with Gasteiger partial charge in [0.2, 0.25) is 0 Å². The summed E-state index contributed by atoms with van der Waals surface area (Å²) in [6.45, 7) is 4.97. The van der Waals surface area contributed by atoms with Crippen molar-refractivity contribution in [1.82, 2.24) is 14.5 Å². The van der Waals surface area contributed by atoms with Crippen molar-refractivity contribution in [1.29, 1.82) is 0 Å². The van der Waals surface area contributed by atoms with Gasteiger partial charge in [-0.25, -0.2) is 4.98 Å². The molecular weight excluding hydrogens is 270 g/mol. The maximum absolute atomic E-state index is 12.1. The predicted molar refractivity (Wildman–Crippen MR) is 75.8 cm³/mol. The summed E-state index contributed by atoms with van der Waals surface area (Å²) in [4.78, 5) is 18.3. The van der Waals surface area contributed by atoms with E-state index in [0.29, 0.717) is 18.1 Å². The molecule has 1 saturated heterocycles. The van der Waals surface area contributed by atoms with Crippen molar-refractivity contribution >= 4 is 5.91 Å². The number of imidazole rings is 1. The number of aryl methyl sites for hydroxylation is 1. The minimum absolute atomic E-state index is 0.0412. The van der Waals surface area contributed by atoms with Crippen LogP contribution in [0.2, 0.25) is 0 Å². The highest BCUT2D eigenvalue weighted by atomic mass is 16.5. The van der Waals surface area contributed by atoms with Crippen LogP contribution in [0.15, 0.2) is 29.2 Å². The summed E-state index contributed by atoms with van der Waals surface area (Å²) in [6.07, 6.45) is 4.88. The Morgan fingerprint density at radius 1 is 1.52 bits per heavy atom. The Morgan fingerprint density at radius 3 is 3.00 bits per heavy atom. The van der Waals surface area contributed by atoms with Gasteiger partial charge in [-0.05, 0) is 13.0 Å². The number of rotatable bonds is 5. The molecule has 0 bridgehead atoms. The largest absolute Gasteiger partial charge is 0.472 e. The Hall–Kier alpha value is -2.08. The topological polar surface area (TPSA) is 60.5 Å². The van der Waals surface area contributed by atoms with Crippen LogP contribution in [0, 0.1) is 12.8 Å². The number of hydrogen-bond acceptors (Lipinski definition) is 4. The highest BCUT2D eigenvalue weighted by molar-refractivity contribution is 5.94. The summed E-state index contributed by atoms with van der Waals surface area (Å²) in [5, 5.41) is 0. The molecule has 0 spiro atoms. The van der Waals surface area contributed by atoms with Gasteiger partial charge in [0.15, 0.2) is 0 Å². The molecule has 6 heteroatoms. The Kier molecular flexibility index (Phi) is 3.79. The van der Waals surface area contributed by atoms with Gasteiger partial charge in [0.25, 0.3) is 5.91 Å². The average molecular weight is 289 g/mol. The van der Waals surface area contributed by atoms with Crippen LogP contribution in [0.4, 0.5) is 0 Å². The van der Waals surface area contributed by atoms with Crippen LogP contribution in [-0.2, 0) is 17.9 Å². The smallest absolute Gasteiger partial charge is 0.257 e. The third kappa shape index (κ3) is 2.71. The first-order valence-corrected chi connectivity index (χ1v) is 7.00. The Balaban J connectivity index is 1.58. The van der Waals surface area contributed by atoms with Gasteiger partial charge in [-0.1, -0.05) is 0 Å². The molecule has 0 saturated carbocycles. The van der Waals surface area contributed by atoms with Crippen LogP contribution >= 0.6 is 0 Å². The molecule has 21 heavy (non-hydrogen) atoms. The molecule has 6 nitrogen and oxygen atoms in total. The van der Waals surface area contributed by atoms with Crippen molar-refractivity contribution < 1.29 is 13.9 Å². The maximum atomic E-state index is 12.1. The summed E-state index contributed by atoms with van der Waals surface area (Å²) in [5.41, 5.74) is 1.74. The third-order valence-electron chi connectivity index (χ3n) is 3.86. The molecule has 0 aromatic carbocycles. The van der Waals surface area contributed by atoms with E-state index in [9.17, 15) is 4.79 Å². The lowest BCUT2D eigenvalue weighted by Crippen LogP contribution is -2.51. The fraction of sp³-hybridized carbons (Fsp3) is 0.467. The molecule has 1 aliphatic heterocycles. The Bertz CT molecular complexity index is 612. The van der Waals surface area contributed by atoms with Crippen molar-refractivity contribution in [2.45, 2.75) is 20.1 Å². The third-order valence-corrected chi connectivity index (χ3v) is 3.86. The van der Waals surface area contributed by atoms with Crippen LogP contribution in [0.25, 0.3) is 0 Å². The fourth-order valence-electron chi connectivity index (χ4n) is 2.68. The molecule has 1 aliphatic rings. The van der Waals surface area contributed by atoms with E-state index in [-0.39, 0.29) is 5.91 Å². The molecule has 1 fully saturated rings. The number of aromatic nitrogens is 2. The van der Waals surface area contributed by atoms with Gasteiger partial charge in [-0.3, -0.25) is 4.79 Å². The van der Waals surface area contributed by atoms with E-state index in [1.54, 1.807) is 13.2 Å². The highest BCUT2D eigenvalue weighted by Gasteiger charge is 2.32. The molecule has 3 rings (SSSR count). The Morgan fingerprint density at radius 2 is 2.33 bits per heavy atom. The second kappa shape index (κ2) is 5.73. The summed E-state index contributed by atoms with van der Waals surface area (Å²) in [5.74, 6) is 1.44. The summed E-state index contributed by atoms with van der Waals surface area (Å²) in [7, 11) is 1.67. The zero-order chi connectivity index (χ0) is 14.8. The fourth-order valence-corrected chi connectivity index (χ4v) is 2.68. The quantitative estimate of drug-likeness (QED) is 0.840. The monoisotopic (exact) mass is 289 g/mol. The van der Waals surface area contributed by atoms with E-state index in [2.05, 4.69) is 9.55 Å². The standard InChI is InChI=1S/C15H19N3O3/c1-11-5-16-14(10-20-2)18(11)8-12-6-17(7-12)15(19)13-3-4-21-9-13/h3-5,9,12H,6-8,10H2,1-2H3. The van der Waals surface area contributed by atoms with E-state index in [1.165, 1.54) is 12.5 Å². The van der Waals surface area contributed by atoms with E-state index in [4.69, 9.17) is 9.15 Å². The van der Waals surface area contributed by atoms with Crippen LogP contribution < -0.4 is 0 Å². The number of methoxy groups -OCH3 is 1. The van der Waals surface area contributed by atoms with Gasteiger partial charge in [0, 0.05) is 44.6 Å². The molecule has 112 valence electrons. The first kappa shape index (κ1) is 13.9. The van der Waals surface area contributed by atoms with Crippen molar-refractivity contribution in [3.05, 3.63) is 41.9 Å². The van der Waals surface area contributed by atoms with Crippen LogP contribution in [0.1, 0.15) is 21.9 Å². The molecule has 0 atom stereocenters. The Labute approximate surface area is 123 Å². The van der Waals surface area contributed by atoms with E-state index < -0.39 is 0 Å². The van der Waals surface area contributed by atoms with Crippen LogP contribution in [0.3, 0.4) is 0 Å². The summed E-state index contributed by atoms with van der Waals surface area (Å²) in [6, 6.07) is 1.70. The number of hydrogen-bond donors (Lipinski definition) is 0. The highest BCUT2D eigenvalue weighted by Crippen LogP contribution is 2.22. The van der Waals surface area contributed by atoms with Crippen molar-refractivity contribution in [2.75, 3.05) is 20.2 Å². The first-order chi connectivity index (χ1) is 10.2. The van der Waals surface area contributed by atoms with Crippen molar-refractivity contribution in [3.63, 3.8) is 0 Å². The lowest BCUT2D eigenvalue weighted by atomic mass is 9.99. The number of furan rings is 1. The molecule has 0 aliphatic carbocycles. The maximum Gasteiger partial charge on any atom is 0.257 e. The lowest BCUT2D eigenvalue weighted by molar-refractivity contribution is 0.0461. The van der Waals surface area contributed by atoms with Crippen LogP contribution in [0.5, 0.6) is 0 Å². The van der Waals surface area contributed by atoms with Crippen LogP contribution in [-0.4, -0.2) is 40.6 Å². The lowest BCUT2D eigenvalue weighted by Gasteiger charge is -2.39. The molecule has 1 amide bonds. The minimum atomic E-state index is 0.0412. The molecule has 2 aromatic heterocycles. The number of nitrogens with zero attached hydrogens (tertiary/aromatic N) is 3. The molecule has 2 aromatic rings. The first-order valence-electron chi connectivity index (χ1n) is 7.00. The number of likely N-dealkylation sites (tertiary alicyclic amines) is 1.